The Morgan fingerprint density at radius 3 is 2.38 bits per heavy atom. The summed E-state index contributed by atoms with van der Waals surface area (Å²) >= 11 is 0. The Bertz CT molecular complexity index is 645. The zero-order valence-electron chi connectivity index (χ0n) is 12.1. The van der Waals surface area contributed by atoms with Gasteiger partial charge in [-0.1, -0.05) is 13.8 Å². The largest absolute Gasteiger partial charge is 0.342 e. The van der Waals surface area contributed by atoms with E-state index in [1.165, 1.54) is 11.9 Å². The van der Waals surface area contributed by atoms with Crippen LogP contribution in [0.4, 0.5) is 8.78 Å². The highest BCUT2D eigenvalue weighted by molar-refractivity contribution is 7.89. The molecular formula is C13H18F2N2O3S. The third kappa shape index (κ3) is 4.47. The summed E-state index contributed by atoms with van der Waals surface area (Å²) in [5, 5.41) is 4.81. The zero-order valence-corrected chi connectivity index (χ0v) is 12.9. The van der Waals surface area contributed by atoms with Crippen LogP contribution < -0.4 is 5.14 Å². The normalized spacial score (nSPS) is 11.8. The average Bonchev–Trinajstić information content (AvgIpc) is 2.36. The van der Waals surface area contributed by atoms with Crippen molar-refractivity contribution in [1.82, 2.24) is 4.90 Å². The van der Waals surface area contributed by atoms with Gasteiger partial charge in [0, 0.05) is 13.6 Å². The molecule has 0 aromatic heterocycles. The van der Waals surface area contributed by atoms with Crippen molar-refractivity contribution in [2.75, 3.05) is 13.6 Å². The number of sulfonamides is 1. The number of nitrogens with zero attached hydrogens (tertiary/aromatic N) is 1. The molecule has 0 bridgehead atoms. The molecule has 2 N–H and O–H groups in total. The van der Waals surface area contributed by atoms with Crippen molar-refractivity contribution in [3.63, 3.8) is 0 Å². The van der Waals surface area contributed by atoms with Gasteiger partial charge in [0.2, 0.25) is 10.0 Å². The monoisotopic (exact) mass is 320 g/mol. The van der Waals surface area contributed by atoms with E-state index in [0.717, 1.165) is 0 Å². The van der Waals surface area contributed by atoms with Crippen molar-refractivity contribution >= 4 is 15.9 Å². The molecule has 21 heavy (non-hydrogen) atoms. The summed E-state index contributed by atoms with van der Waals surface area (Å²) < 4.78 is 49.9. The van der Waals surface area contributed by atoms with Gasteiger partial charge in [0.15, 0.2) is 5.82 Å². The van der Waals surface area contributed by atoms with E-state index in [9.17, 15) is 22.0 Å². The first-order valence-electron chi connectivity index (χ1n) is 6.31. The molecule has 0 heterocycles. The second-order valence-electron chi connectivity index (χ2n) is 5.22. The number of hydrogen-bond acceptors (Lipinski definition) is 3. The number of hydrogen-bond donors (Lipinski definition) is 1. The lowest BCUT2D eigenvalue weighted by molar-refractivity contribution is 0.0783. The van der Waals surface area contributed by atoms with Crippen LogP contribution in [0.5, 0.6) is 0 Å². The van der Waals surface area contributed by atoms with Crippen molar-refractivity contribution in [2.45, 2.75) is 25.2 Å². The standard InChI is InChI=1S/C13H18F2N2O3S/c1-8(2)4-5-17(3)13(18)10-6-9(14)7-11(12(10)15)21(16,19)20/h6-8H,4-5H2,1-3H3,(H2,16,19,20). The molecule has 8 heteroatoms. The number of primary sulfonamides is 1. The fourth-order valence-electron chi connectivity index (χ4n) is 1.69. The highest BCUT2D eigenvalue weighted by atomic mass is 32.2. The molecule has 5 nitrogen and oxygen atoms in total. The molecular weight excluding hydrogens is 302 g/mol. The lowest BCUT2D eigenvalue weighted by Gasteiger charge is -2.19. The lowest BCUT2D eigenvalue weighted by atomic mass is 10.1. The summed E-state index contributed by atoms with van der Waals surface area (Å²) in [5.74, 6) is -2.84. The first-order valence-corrected chi connectivity index (χ1v) is 7.86. The smallest absolute Gasteiger partial charge is 0.256 e. The summed E-state index contributed by atoms with van der Waals surface area (Å²) in [7, 11) is -3.01. The Labute approximate surface area is 122 Å². The molecule has 0 unspecified atom stereocenters. The van der Waals surface area contributed by atoms with Crippen molar-refractivity contribution in [3.05, 3.63) is 29.3 Å². The summed E-state index contributed by atoms with van der Waals surface area (Å²) in [5.41, 5.74) is -0.648. The highest BCUT2D eigenvalue weighted by Gasteiger charge is 2.25. The third-order valence-electron chi connectivity index (χ3n) is 2.93. The van der Waals surface area contributed by atoms with E-state index in [4.69, 9.17) is 5.14 Å². The average molecular weight is 320 g/mol. The van der Waals surface area contributed by atoms with E-state index in [0.29, 0.717) is 31.0 Å². The van der Waals surface area contributed by atoms with Crippen LogP contribution in [0.2, 0.25) is 0 Å². The Kier molecular flexibility index (Phi) is 5.41. The van der Waals surface area contributed by atoms with Gasteiger partial charge < -0.3 is 4.90 Å². The molecule has 0 aliphatic heterocycles. The number of halogens is 2. The number of nitrogens with two attached hydrogens (primary N) is 1. The fourth-order valence-corrected chi connectivity index (χ4v) is 2.32. The van der Waals surface area contributed by atoms with Gasteiger partial charge in [-0.2, -0.15) is 0 Å². The minimum atomic E-state index is -4.45. The predicted octanol–water partition coefficient (Wildman–Crippen LogP) is 1.73. The minimum Gasteiger partial charge on any atom is -0.342 e. The molecule has 1 aromatic carbocycles. The molecule has 0 aliphatic rings. The Balaban J connectivity index is 3.19. The van der Waals surface area contributed by atoms with Gasteiger partial charge >= 0.3 is 0 Å². The molecule has 1 amide bonds. The van der Waals surface area contributed by atoms with Crippen LogP contribution in [-0.4, -0.2) is 32.8 Å². The van der Waals surface area contributed by atoms with Crippen molar-refractivity contribution < 1.29 is 22.0 Å². The highest BCUT2D eigenvalue weighted by Crippen LogP contribution is 2.20. The molecule has 1 rings (SSSR count). The maximum Gasteiger partial charge on any atom is 0.256 e. The maximum absolute atomic E-state index is 14.1. The van der Waals surface area contributed by atoms with Gasteiger partial charge in [-0.3, -0.25) is 4.79 Å². The van der Waals surface area contributed by atoms with Crippen LogP contribution in [0.25, 0.3) is 0 Å². The summed E-state index contributed by atoms with van der Waals surface area (Å²) in [4.78, 5) is 12.3. The second-order valence-corrected chi connectivity index (χ2v) is 6.75. The van der Waals surface area contributed by atoms with Gasteiger partial charge in [0.25, 0.3) is 5.91 Å². The SMILES string of the molecule is CC(C)CCN(C)C(=O)c1cc(F)cc(S(N)(=O)=O)c1F. The quantitative estimate of drug-likeness (QED) is 0.897. The number of carbonyl (C=O) groups is 1. The molecule has 0 aliphatic carbocycles. The molecule has 0 spiro atoms. The molecule has 0 atom stereocenters. The zero-order chi connectivity index (χ0) is 16.4. The second kappa shape index (κ2) is 6.48. The van der Waals surface area contributed by atoms with Crippen molar-refractivity contribution in [1.29, 1.82) is 0 Å². The topological polar surface area (TPSA) is 80.5 Å². The van der Waals surface area contributed by atoms with E-state index in [-0.39, 0.29) is 0 Å². The summed E-state index contributed by atoms with van der Waals surface area (Å²) in [6.07, 6.45) is 0.682. The predicted molar refractivity (Wildman–Crippen MR) is 74.1 cm³/mol. The van der Waals surface area contributed by atoms with Crippen LogP contribution in [0.15, 0.2) is 17.0 Å². The van der Waals surface area contributed by atoms with E-state index in [2.05, 4.69) is 0 Å². The van der Waals surface area contributed by atoms with Crippen molar-refractivity contribution in [3.8, 4) is 0 Å². The van der Waals surface area contributed by atoms with Crippen molar-refractivity contribution in [2.24, 2.45) is 11.1 Å². The maximum atomic E-state index is 14.1. The number of carbonyl (C=O) groups excluding carboxylic acids is 1. The number of rotatable bonds is 5. The first-order chi connectivity index (χ1) is 9.54. The molecule has 0 saturated heterocycles. The Morgan fingerprint density at radius 1 is 1.33 bits per heavy atom. The van der Waals surface area contributed by atoms with E-state index in [1.807, 2.05) is 13.8 Å². The molecule has 0 radical (unpaired) electrons. The van der Waals surface area contributed by atoms with Gasteiger partial charge in [-0.05, 0) is 24.5 Å². The molecule has 1 aromatic rings. The van der Waals surface area contributed by atoms with Crippen LogP contribution in [0.1, 0.15) is 30.6 Å². The fraction of sp³-hybridized carbons (Fsp3) is 0.462. The molecule has 118 valence electrons. The summed E-state index contributed by atoms with van der Waals surface area (Å²) in [6.45, 7) is 4.26. The van der Waals surface area contributed by atoms with E-state index in [1.54, 1.807) is 0 Å². The van der Waals surface area contributed by atoms with E-state index < -0.39 is 38.0 Å². The lowest BCUT2D eigenvalue weighted by Crippen LogP contribution is -2.30. The van der Waals surface area contributed by atoms with E-state index >= 15 is 0 Å². The van der Waals surface area contributed by atoms with Gasteiger partial charge in [0.05, 0.1) is 5.56 Å². The number of amides is 1. The summed E-state index contributed by atoms with van der Waals surface area (Å²) in [6, 6.07) is 1.12. The van der Waals surface area contributed by atoms with Crippen LogP contribution in [0, 0.1) is 17.6 Å². The van der Waals surface area contributed by atoms with Gasteiger partial charge in [0.1, 0.15) is 10.7 Å². The van der Waals surface area contributed by atoms with Crippen LogP contribution in [0.3, 0.4) is 0 Å². The van der Waals surface area contributed by atoms with Crippen LogP contribution >= 0.6 is 0 Å². The molecule has 0 saturated carbocycles. The first kappa shape index (κ1) is 17.5. The third-order valence-corrected chi connectivity index (χ3v) is 3.84. The van der Waals surface area contributed by atoms with Gasteiger partial charge in [-0.15, -0.1) is 0 Å². The van der Waals surface area contributed by atoms with Gasteiger partial charge in [-0.25, -0.2) is 22.3 Å². The Hall–Kier alpha value is -1.54. The minimum absolute atomic E-state index is 0.331. The molecule has 0 fully saturated rings. The number of benzene rings is 1. The van der Waals surface area contributed by atoms with Crippen LogP contribution in [-0.2, 0) is 10.0 Å². The Morgan fingerprint density at radius 2 is 1.90 bits per heavy atom.